The van der Waals surface area contributed by atoms with Crippen molar-refractivity contribution < 1.29 is 14.4 Å². The minimum absolute atomic E-state index is 0.221. The molecule has 0 unspecified atom stereocenters. The van der Waals surface area contributed by atoms with Crippen LogP contribution < -0.4 is 16.2 Å². The maximum atomic E-state index is 12.5. The van der Waals surface area contributed by atoms with Crippen molar-refractivity contribution in [3.05, 3.63) is 95.3 Å². The second kappa shape index (κ2) is 8.59. The van der Waals surface area contributed by atoms with E-state index in [1.165, 1.54) is 24.5 Å². The summed E-state index contributed by atoms with van der Waals surface area (Å²) < 4.78 is 0. The van der Waals surface area contributed by atoms with Gasteiger partial charge in [-0.1, -0.05) is 29.8 Å². The Morgan fingerprint density at radius 1 is 0.750 bits per heavy atom. The summed E-state index contributed by atoms with van der Waals surface area (Å²) in [5, 5.41) is 2.73. The van der Waals surface area contributed by atoms with Gasteiger partial charge in [0.25, 0.3) is 17.7 Å². The molecule has 0 radical (unpaired) electrons. The van der Waals surface area contributed by atoms with Gasteiger partial charge in [0.15, 0.2) is 0 Å². The predicted molar refractivity (Wildman–Crippen MR) is 105 cm³/mol. The fourth-order valence-electron chi connectivity index (χ4n) is 2.53. The van der Waals surface area contributed by atoms with Crippen molar-refractivity contribution in [2.24, 2.45) is 0 Å². The third-order valence-electron chi connectivity index (χ3n) is 3.93. The third kappa shape index (κ3) is 4.59. The molecule has 3 amide bonds. The fourth-order valence-corrected chi connectivity index (χ4v) is 2.53. The monoisotopic (exact) mass is 374 g/mol. The first-order valence-corrected chi connectivity index (χ1v) is 8.52. The van der Waals surface area contributed by atoms with E-state index in [4.69, 9.17) is 0 Å². The van der Waals surface area contributed by atoms with Crippen LogP contribution in [-0.4, -0.2) is 22.7 Å². The van der Waals surface area contributed by atoms with E-state index >= 15 is 0 Å². The number of hydrazine groups is 1. The number of carbonyl (C=O) groups is 3. The Hall–Kier alpha value is -4.00. The first kappa shape index (κ1) is 18.8. The van der Waals surface area contributed by atoms with Gasteiger partial charge < -0.3 is 5.32 Å². The van der Waals surface area contributed by atoms with E-state index < -0.39 is 11.8 Å². The predicted octanol–water partition coefficient (Wildman–Crippen LogP) is 2.72. The Bertz CT molecular complexity index is 1020. The average Bonchev–Trinajstić information content (AvgIpc) is 2.72. The van der Waals surface area contributed by atoms with Crippen molar-refractivity contribution >= 4 is 23.4 Å². The molecule has 1 heterocycles. The SMILES string of the molecule is Cc1cccc(C(=O)Nc2ccccc2C(=O)NNC(=O)c2ccncc2)c1. The second-order valence-electron chi connectivity index (χ2n) is 6.01. The number of carbonyl (C=O) groups excluding carboxylic acids is 3. The summed E-state index contributed by atoms with van der Waals surface area (Å²) in [5.41, 5.74) is 7.05. The number of amides is 3. The number of rotatable bonds is 4. The molecular weight excluding hydrogens is 356 g/mol. The number of nitrogens with zero attached hydrogens (tertiary/aromatic N) is 1. The van der Waals surface area contributed by atoms with E-state index in [-0.39, 0.29) is 11.5 Å². The van der Waals surface area contributed by atoms with Gasteiger partial charge in [-0.25, -0.2) is 0 Å². The Balaban J connectivity index is 1.70. The largest absolute Gasteiger partial charge is 0.321 e. The van der Waals surface area contributed by atoms with Gasteiger partial charge in [0.2, 0.25) is 0 Å². The number of hydrogen-bond acceptors (Lipinski definition) is 4. The van der Waals surface area contributed by atoms with E-state index in [2.05, 4.69) is 21.2 Å². The lowest BCUT2D eigenvalue weighted by Gasteiger charge is -2.12. The molecule has 1 aromatic heterocycles. The number of anilines is 1. The standard InChI is InChI=1S/C21H18N4O3/c1-14-5-4-6-16(13-14)19(26)23-18-8-3-2-7-17(18)21(28)25-24-20(27)15-9-11-22-12-10-15/h2-13H,1H3,(H,23,26)(H,24,27)(H,25,28). The van der Waals surface area contributed by atoms with Crippen molar-refractivity contribution in [3.63, 3.8) is 0 Å². The molecule has 0 saturated heterocycles. The number of para-hydroxylation sites is 1. The topological polar surface area (TPSA) is 100 Å². The van der Waals surface area contributed by atoms with Gasteiger partial charge in [-0.05, 0) is 43.3 Å². The highest BCUT2D eigenvalue weighted by Gasteiger charge is 2.15. The molecule has 28 heavy (non-hydrogen) atoms. The summed E-state index contributed by atoms with van der Waals surface area (Å²) in [4.78, 5) is 40.8. The molecule has 0 bridgehead atoms. The summed E-state index contributed by atoms with van der Waals surface area (Å²) in [6.07, 6.45) is 2.96. The van der Waals surface area contributed by atoms with E-state index in [0.717, 1.165) is 5.56 Å². The van der Waals surface area contributed by atoms with Gasteiger partial charge in [-0.3, -0.25) is 30.2 Å². The van der Waals surface area contributed by atoms with Crippen LogP contribution >= 0.6 is 0 Å². The zero-order valence-electron chi connectivity index (χ0n) is 15.1. The fraction of sp³-hybridized carbons (Fsp3) is 0.0476. The average molecular weight is 374 g/mol. The molecule has 0 saturated carbocycles. The molecule has 0 spiro atoms. The molecule has 0 aliphatic heterocycles. The molecule has 7 heteroatoms. The number of hydrogen-bond donors (Lipinski definition) is 3. The summed E-state index contributed by atoms with van der Waals surface area (Å²) >= 11 is 0. The highest BCUT2D eigenvalue weighted by Crippen LogP contribution is 2.16. The molecule has 0 aliphatic rings. The Kier molecular flexibility index (Phi) is 5.76. The molecule has 3 rings (SSSR count). The van der Waals surface area contributed by atoms with Crippen LogP contribution in [0.15, 0.2) is 73.1 Å². The zero-order valence-corrected chi connectivity index (χ0v) is 15.1. The van der Waals surface area contributed by atoms with Crippen molar-refractivity contribution in [1.29, 1.82) is 0 Å². The molecule has 3 N–H and O–H groups in total. The lowest BCUT2D eigenvalue weighted by molar-refractivity contribution is 0.0847. The molecule has 0 atom stereocenters. The van der Waals surface area contributed by atoms with Crippen LogP contribution in [0.1, 0.15) is 36.6 Å². The Morgan fingerprint density at radius 2 is 1.46 bits per heavy atom. The molecule has 0 aliphatic carbocycles. The van der Waals surface area contributed by atoms with Crippen LogP contribution in [0.4, 0.5) is 5.69 Å². The second-order valence-corrected chi connectivity index (χ2v) is 6.01. The number of nitrogens with one attached hydrogen (secondary N) is 3. The lowest BCUT2D eigenvalue weighted by Crippen LogP contribution is -2.41. The zero-order chi connectivity index (χ0) is 19.9. The van der Waals surface area contributed by atoms with E-state index in [9.17, 15) is 14.4 Å². The van der Waals surface area contributed by atoms with Gasteiger partial charge in [0.1, 0.15) is 0 Å². The third-order valence-corrected chi connectivity index (χ3v) is 3.93. The highest BCUT2D eigenvalue weighted by atomic mass is 16.2. The number of aryl methyl sites for hydroxylation is 1. The molecule has 2 aromatic carbocycles. The lowest BCUT2D eigenvalue weighted by atomic mass is 10.1. The van der Waals surface area contributed by atoms with Gasteiger partial charge in [-0.2, -0.15) is 0 Å². The van der Waals surface area contributed by atoms with E-state index in [1.807, 2.05) is 13.0 Å². The maximum Gasteiger partial charge on any atom is 0.271 e. The van der Waals surface area contributed by atoms with Crippen LogP contribution in [0.3, 0.4) is 0 Å². The number of aromatic nitrogens is 1. The first-order chi connectivity index (χ1) is 13.5. The summed E-state index contributed by atoms with van der Waals surface area (Å²) in [7, 11) is 0. The molecule has 0 fully saturated rings. The summed E-state index contributed by atoms with van der Waals surface area (Å²) in [6.45, 7) is 1.89. The van der Waals surface area contributed by atoms with Gasteiger partial charge in [0, 0.05) is 23.5 Å². The van der Waals surface area contributed by atoms with Crippen LogP contribution in [0.25, 0.3) is 0 Å². The highest BCUT2D eigenvalue weighted by molar-refractivity contribution is 6.09. The van der Waals surface area contributed by atoms with Crippen molar-refractivity contribution in [2.45, 2.75) is 6.92 Å². The summed E-state index contributed by atoms with van der Waals surface area (Å²) in [5.74, 6) is -1.36. The normalized spacial score (nSPS) is 10.0. The van der Waals surface area contributed by atoms with Crippen LogP contribution in [-0.2, 0) is 0 Å². The van der Waals surface area contributed by atoms with Crippen LogP contribution in [0.2, 0.25) is 0 Å². The molecule has 140 valence electrons. The summed E-state index contributed by atoms with van der Waals surface area (Å²) in [6, 6.07) is 16.7. The Labute approximate surface area is 161 Å². The smallest absolute Gasteiger partial charge is 0.271 e. The van der Waals surface area contributed by atoms with E-state index in [0.29, 0.717) is 16.8 Å². The van der Waals surface area contributed by atoms with E-state index in [1.54, 1.807) is 42.5 Å². The minimum atomic E-state index is -0.553. The van der Waals surface area contributed by atoms with Gasteiger partial charge in [0.05, 0.1) is 11.3 Å². The quantitative estimate of drug-likeness (QED) is 0.611. The number of pyridine rings is 1. The molecular formula is C21H18N4O3. The van der Waals surface area contributed by atoms with Crippen molar-refractivity contribution in [3.8, 4) is 0 Å². The van der Waals surface area contributed by atoms with Crippen LogP contribution in [0, 0.1) is 6.92 Å². The van der Waals surface area contributed by atoms with Crippen molar-refractivity contribution in [1.82, 2.24) is 15.8 Å². The number of benzene rings is 2. The molecule has 7 nitrogen and oxygen atoms in total. The molecule has 3 aromatic rings. The van der Waals surface area contributed by atoms with Gasteiger partial charge >= 0.3 is 0 Å². The van der Waals surface area contributed by atoms with Crippen molar-refractivity contribution in [2.75, 3.05) is 5.32 Å². The first-order valence-electron chi connectivity index (χ1n) is 8.52. The van der Waals surface area contributed by atoms with Gasteiger partial charge in [-0.15, -0.1) is 0 Å². The maximum absolute atomic E-state index is 12.5. The van der Waals surface area contributed by atoms with Crippen LogP contribution in [0.5, 0.6) is 0 Å². The Morgan fingerprint density at radius 3 is 2.21 bits per heavy atom. The minimum Gasteiger partial charge on any atom is -0.321 e.